The van der Waals surface area contributed by atoms with Gasteiger partial charge in [-0.05, 0) is 28.8 Å². The van der Waals surface area contributed by atoms with Crippen LogP contribution >= 0.6 is 15.9 Å². The maximum absolute atomic E-state index is 11.2. The van der Waals surface area contributed by atoms with E-state index in [9.17, 15) is 4.79 Å². The number of H-pyrrole nitrogens is 1. The molecule has 0 bridgehead atoms. The topological polar surface area (TPSA) is 45.8 Å². The molecule has 1 aliphatic rings. The molecule has 58 valence electrons. The quantitative estimate of drug-likeness (QED) is 0.715. The molecule has 1 N–H and O–H groups in total. The van der Waals surface area contributed by atoms with Crippen molar-refractivity contribution >= 4 is 21.7 Å². The van der Waals surface area contributed by atoms with Crippen LogP contribution in [-0.4, -0.2) is 16.0 Å². The van der Waals surface area contributed by atoms with Gasteiger partial charge < -0.3 is 0 Å². The Morgan fingerprint density at radius 2 is 2.27 bits per heavy atom. The van der Waals surface area contributed by atoms with Crippen LogP contribution in [0, 0.1) is 0 Å². The minimum Gasteiger partial charge on any atom is -0.292 e. The van der Waals surface area contributed by atoms with E-state index in [2.05, 4.69) is 26.1 Å². The normalized spacial score (nSPS) is 16.6. The highest BCUT2D eigenvalue weighted by atomic mass is 79.9. The zero-order valence-electron chi connectivity index (χ0n) is 5.85. The van der Waals surface area contributed by atoms with Crippen LogP contribution in [0.3, 0.4) is 0 Å². The zero-order valence-corrected chi connectivity index (χ0v) is 7.44. The third kappa shape index (κ3) is 1.01. The fraction of sp³-hybridized carbons (Fsp3) is 0.429. The summed E-state index contributed by atoms with van der Waals surface area (Å²) in [6.45, 7) is 0. The van der Waals surface area contributed by atoms with Crippen LogP contribution in [-0.2, 0) is 6.42 Å². The number of fused-ring (bicyclic) bond motifs is 1. The van der Waals surface area contributed by atoms with Crippen LogP contribution in [0.2, 0.25) is 0 Å². The average Bonchev–Trinajstić information content (AvgIpc) is 2.35. The lowest BCUT2D eigenvalue weighted by Crippen LogP contribution is -2.09. The Morgan fingerprint density at radius 1 is 1.45 bits per heavy atom. The molecule has 0 saturated heterocycles. The molecule has 0 atom stereocenters. The number of nitrogens with zero attached hydrogens (tertiary/aromatic N) is 1. The van der Waals surface area contributed by atoms with Crippen LogP contribution < -0.4 is 0 Å². The molecule has 0 spiro atoms. The largest absolute Gasteiger partial charge is 0.292 e. The first-order valence-corrected chi connectivity index (χ1v) is 4.34. The number of halogens is 1. The Bertz CT molecular complexity index is 305. The van der Waals surface area contributed by atoms with Crippen LogP contribution in [0.4, 0.5) is 0 Å². The molecule has 11 heavy (non-hydrogen) atoms. The van der Waals surface area contributed by atoms with Crippen molar-refractivity contribution < 1.29 is 4.79 Å². The molecule has 1 aliphatic carbocycles. The fourth-order valence-electron chi connectivity index (χ4n) is 1.35. The van der Waals surface area contributed by atoms with Gasteiger partial charge in [0, 0.05) is 12.0 Å². The molecule has 0 saturated carbocycles. The summed E-state index contributed by atoms with van der Waals surface area (Å²) in [6.07, 6.45) is 2.55. The third-order valence-corrected chi connectivity index (χ3v) is 2.57. The number of hydrogen-bond acceptors (Lipinski definition) is 2. The molecule has 4 heteroatoms. The molecule has 1 aromatic heterocycles. The fourth-order valence-corrected chi connectivity index (χ4v) is 1.82. The Labute approximate surface area is 72.3 Å². The van der Waals surface area contributed by atoms with Crippen LogP contribution in [0.5, 0.6) is 0 Å². The van der Waals surface area contributed by atoms with Crippen LogP contribution in [0.25, 0.3) is 0 Å². The van der Waals surface area contributed by atoms with E-state index in [4.69, 9.17) is 0 Å². The van der Waals surface area contributed by atoms with Crippen molar-refractivity contribution in [3.8, 4) is 0 Å². The second-order valence-corrected chi connectivity index (χ2v) is 3.43. The van der Waals surface area contributed by atoms with Gasteiger partial charge in [0.15, 0.2) is 5.78 Å². The summed E-state index contributed by atoms with van der Waals surface area (Å²) >= 11 is 3.31. The summed E-state index contributed by atoms with van der Waals surface area (Å²) in [5.41, 5.74) is 1.67. The standard InChI is InChI=1S/C7H7BrN2O/c8-7-4-2-1-3-5(11)6(4)9-10-7/h1-3H2,(H,9,10). The molecule has 3 nitrogen and oxygen atoms in total. The average molecular weight is 215 g/mol. The summed E-state index contributed by atoms with van der Waals surface area (Å²) in [4.78, 5) is 11.2. The van der Waals surface area contributed by atoms with Crippen molar-refractivity contribution in [1.82, 2.24) is 10.2 Å². The van der Waals surface area contributed by atoms with Crippen molar-refractivity contribution in [1.29, 1.82) is 0 Å². The number of Topliss-reactive ketones (excluding diaryl/α,β-unsaturated/α-hetero) is 1. The molecular weight excluding hydrogens is 208 g/mol. The Kier molecular flexibility index (Phi) is 1.56. The number of aromatic amines is 1. The number of nitrogens with one attached hydrogen (secondary N) is 1. The molecular formula is C7H7BrN2O. The monoisotopic (exact) mass is 214 g/mol. The summed E-state index contributed by atoms with van der Waals surface area (Å²) in [7, 11) is 0. The van der Waals surface area contributed by atoms with Crippen LogP contribution in [0.15, 0.2) is 4.60 Å². The lowest BCUT2D eigenvalue weighted by molar-refractivity contribution is 0.0967. The Balaban J connectivity index is 2.55. The van der Waals surface area contributed by atoms with Crippen molar-refractivity contribution in [3.05, 3.63) is 15.9 Å². The number of aromatic nitrogens is 2. The predicted molar refractivity (Wildman–Crippen MR) is 43.6 cm³/mol. The number of hydrogen-bond donors (Lipinski definition) is 1. The summed E-state index contributed by atoms with van der Waals surface area (Å²) in [6, 6.07) is 0. The van der Waals surface area contributed by atoms with Crippen molar-refractivity contribution in [2.45, 2.75) is 19.3 Å². The third-order valence-electron chi connectivity index (χ3n) is 1.91. The smallest absolute Gasteiger partial charge is 0.183 e. The van der Waals surface area contributed by atoms with Gasteiger partial charge in [-0.3, -0.25) is 9.89 Å². The molecule has 0 unspecified atom stereocenters. The van der Waals surface area contributed by atoms with E-state index in [-0.39, 0.29) is 5.78 Å². The molecule has 0 aromatic carbocycles. The van der Waals surface area contributed by atoms with Gasteiger partial charge in [0.05, 0.1) is 0 Å². The molecule has 2 rings (SSSR count). The highest BCUT2D eigenvalue weighted by Crippen LogP contribution is 2.25. The van der Waals surface area contributed by atoms with Gasteiger partial charge in [-0.1, -0.05) is 0 Å². The first-order valence-electron chi connectivity index (χ1n) is 3.55. The highest BCUT2D eigenvalue weighted by molar-refractivity contribution is 9.10. The molecule has 0 aliphatic heterocycles. The minimum absolute atomic E-state index is 0.160. The van der Waals surface area contributed by atoms with E-state index in [1.807, 2.05) is 0 Å². The maximum atomic E-state index is 11.2. The van der Waals surface area contributed by atoms with Crippen molar-refractivity contribution in [3.63, 3.8) is 0 Å². The van der Waals surface area contributed by atoms with E-state index in [0.29, 0.717) is 12.1 Å². The van der Waals surface area contributed by atoms with Gasteiger partial charge in [-0.25, -0.2) is 0 Å². The lowest BCUT2D eigenvalue weighted by atomic mass is 9.97. The zero-order chi connectivity index (χ0) is 7.84. The number of carbonyl (C=O) groups excluding carboxylic acids is 1. The second-order valence-electron chi connectivity index (χ2n) is 2.64. The van der Waals surface area contributed by atoms with E-state index in [1.54, 1.807) is 0 Å². The SMILES string of the molecule is O=C1CCCc2c1n[nH]c2Br. The highest BCUT2D eigenvalue weighted by Gasteiger charge is 2.21. The maximum Gasteiger partial charge on any atom is 0.183 e. The van der Waals surface area contributed by atoms with E-state index in [0.717, 1.165) is 23.0 Å². The predicted octanol–water partition coefficient (Wildman–Crippen LogP) is 1.69. The number of ketones is 1. The number of carbonyl (C=O) groups is 1. The van der Waals surface area contributed by atoms with E-state index in [1.165, 1.54) is 0 Å². The first kappa shape index (κ1) is 7.03. The van der Waals surface area contributed by atoms with Crippen LogP contribution in [0.1, 0.15) is 28.9 Å². The molecule has 0 radical (unpaired) electrons. The van der Waals surface area contributed by atoms with Gasteiger partial charge in [0.25, 0.3) is 0 Å². The van der Waals surface area contributed by atoms with Gasteiger partial charge >= 0.3 is 0 Å². The second kappa shape index (κ2) is 2.44. The van der Waals surface area contributed by atoms with Crippen molar-refractivity contribution in [2.24, 2.45) is 0 Å². The summed E-state index contributed by atoms with van der Waals surface area (Å²) in [5.74, 6) is 0.160. The van der Waals surface area contributed by atoms with Crippen molar-refractivity contribution in [2.75, 3.05) is 0 Å². The van der Waals surface area contributed by atoms with E-state index >= 15 is 0 Å². The molecule has 1 aromatic rings. The number of rotatable bonds is 0. The van der Waals surface area contributed by atoms with Gasteiger partial charge in [0.1, 0.15) is 10.3 Å². The molecule has 1 heterocycles. The Morgan fingerprint density at radius 3 is 3.00 bits per heavy atom. The van der Waals surface area contributed by atoms with Gasteiger partial charge in [0.2, 0.25) is 0 Å². The summed E-state index contributed by atoms with van der Waals surface area (Å²) < 4.78 is 0.862. The first-order chi connectivity index (χ1) is 5.29. The molecule has 0 amide bonds. The lowest BCUT2D eigenvalue weighted by Gasteiger charge is -2.07. The van der Waals surface area contributed by atoms with Gasteiger partial charge in [-0.2, -0.15) is 5.10 Å². The molecule has 0 fully saturated rings. The van der Waals surface area contributed by atoms with E-state index < -0.39 is 0 Å². The minimum atomic E-state index is 0.160. The summed E-state index contributed by atoms with van der Waals surface area (Å²) in [5, 5.41) is 6.67. The van der Waals surface area contributed by atoms with Gasteiger partial charge in [-0.15, -0.1) is 0 Å². The Hall–Kier alpha value is -0.640.